The lowest BCUT2D eigenvalue weighted by Crippen LogP contribution is -2.51. The van der Waals surface area contributed by atoms with Crippen molar-refractivity contribution in [2.75, 3.05) is 32.8 Å². The fraction of sp³-hybridized carbons (Fsp3) is 0.923. The SMILES string of the molecule is CCCC1(C(=O)N2CCOC(C)C2)CCNC1. The van der Waals surface area contributed by atoms with E-state index >= 15 is 0 Å². The maximum absolute atomic E-state index is 12.7. The Bertz CT molecular complexity index is 275. The zero-order valence-corrected chi connectivity index (χ0v) is 11.0. The predicted molar refractivity (Wildman–Crippen MR) is 66.8 cm³/mol. The van der Waals surface area contributed by atoms with Crippen LogP contribution in [0.3, 0.4) is 0 Å². The first-order valence-electron chi connectivity index (χ1n) is 6.80. The Morgan fingerprint density at radius 2 is 2.41 bits per heavy atom. The van der Waals surface area contributed by atoms with E-state index in [-0.39, 0.29) is 11.5 Å². The molecule has 2 fully saturated rings. The van der Waals surface area contributed by atoms with Crippen molar-refractivity contribution in [1.82, 2.24) is 10.2 Å². The van der Waals surface area contributed by atoms with Gasteiger partial charge in [-0.2, -0.15) is 0 Å². The Kier molecular flexibility index (Phi) is 4.05. The molecule has 2 aliphatic heterocycles. The number of carbonyl (C=O) groups is 1. The zero-order chi connectivity index (χ0) is 12.3. The van der Waals surface area contributed by atoms with Crippen molar-refractivity contribution < 1.29 is 9.53 Å². The summed E-state index contributed by atoms with van der Waals surface area (Å²) in [5.74, 6) is 0.347. The van der Waals surface area contributed by atoms with Gasteiger partial charge in [-0.25, -0.2) is 0 Å². The molecular formula is C13H24N2O2. The molecule has 2 heterocycles. The van der Waals surface area contributed by atoms with Gasteiger partial charge in [0, 0.05) is 19.6 Å². The number of carbonyl (C=O) groups excluding carboxylic acids is 1. The topological polar surface area (TPSA) is 41.6 Å². The van der Waals surface area contributed by atoms with Crippen molar-refractivity contribution in [3.05, 3.63) is 0 Å². The van der Waals surface area contributed by atoms with E-state index in [0.29, 0.717) is 12.5 Å². The minimum atomic E-state index is -0.133. The summed E-state index contributed by atoms with van der Waals surface area (Å²) in [5, 5.41) is 3.35. The van der Waals surface area contributed by atoms with Crippen LogP contribution in [0.5, 0.6) is 0 Å². The normalized spacial score (nSPS) is 34.0. The molecular weight excluding hydrogens is 216 g/mol. The third-order valence-electron chi connectivity index (χ3n) is 3.95. The Hall–Kier alpha value is -0.610. The lowest BCUT2D eigenvalue weighted by Gasteiger charge is -2.38. The van der Waals surface area contributed by atoms with Gasteiger partial charge in [0.2, 0.25) is 5.91 Å². The number of nitrogens with zero attached hydrogens (tertiary/aromatic N) is 1. The monoisotopic (exact) mass is 240 g/mol. The van der Waals surface area contributed by atoms with Gasteiger partial charge in [-0.3, -0.25) is 4.79 Å². The molecule has 0 aliphatic carbocycles. The van der Waals surface area contributed by atoms with Crippen LogP contribution >= 0.6 is 0 Å². The first kappa shape index (κ1) is 12.8. The zero-order valence-electron chi connectivity index (χ0n) is 11.0. The number of morpholine rings is 1. The summed E-state index contributed by atoms with van der Waals surface area (Å²) >= 11 is 0. The van der Waals surface area contributed by atoms with Crippen LogP contribution in [0, 0.1) is 5.41 Å². The molecule has 2 unspecified atom stereocenters. The van der Waals surface area contributed by atoms with Gasteiger partial charge in [-0.1, -0.05) is 13.3 Å². The minimum absolute atomic E-state index is 0.133. The van der Waals surface area contributed by atoms with E-state index < -0.39 is 0 Å². The number of nitrogens with one attached hydrogen (secondary N) is 1. The molecule has 2 atom stereocenters. The van der Waals surface area contributed by atoms with E-state index in [1.54, 1.807) is 0 Å². The Balaban J connectivity index is 2.05. The number of hydrogen-bond donors (Lipinski definition) is 1. The van der Waals surface area contributed by atoms with Crippen molar-refractivity contribution in [2.45, 2.75) is 39.2 Å². The molecule has 0 radical (unpaired) electrons. The highest BCUT2D eigenvalue weighted by Gasteiger charge is 2.43. The fourth-order valence-corrected chi connectivity index (χ4v) is 3.06. The highest BCUT2D eigenvalue weighted by atomic mass is 16.5. The highest BCUT2D eigenvalue weighted by Crippen LogP contribution is 2.33. The number of rotatable bonds is 3. The maximum Gasteiger partial charge on any atom is 0.230 e. The van der Waals surface area contributed by atoms with E-state index in [2.05, 4.69) is 12.2 Å². The van der Waals surface area contributed by atoms with Crippen LogP contribution in [0.4, 0.5) is 0 Å². The van der Waals surface area contributed by atoms with Crippen LogP contribution in [-0.2, 0) is 9.53 Å². The predicted octanol–water partition coefficient (Wildman–Crippen LogP) is 1.01. The maximum atomic E-state index is 12.7. The molecule has 0 saturated carbocycles. The van der Waals surface area contributed by atoms with Crippen molar-refractivity contribution in [2.24, 2.45) is 5.41 Å². The van der Waals surface area contributed by atoms with Gasteiger partial charge in [0.25, 0.3) is 0 Å². The largest absolute Gasteiger partial charge is 0.375 e. The molecule has 1 amide bonds. The van der Waals surface area contributed by atoms with Gasteiger partial charge >= 0.3 is 0 Å². The van der Waals surface area contributed by atoms with Crippen LogP contribution in [0.25, 0.3) is 0 Å². The Morgan fingerprint density at radius 1 is 1.59 bits per heavy atom. The summed E-state index contributed by atoms with van der Waals surface area (Å²) in [4.78, 5) is 14.7. The van der Waals surface area contributed by atoms with E-state index in [0.717, 1.165) is 45.4 Å². The van der Waals surface area contributed by atoms with Gasteiger partial charge in [0.05, 0.1) is 18.1 Å². The molecule has 4 heteroatoms. The second-order valence-corrected chi connectivity index (χ2v) is 5.39. The van der Waals surface area contributed by atoms with E-state index in [1.165, 1.54) is 0 Å². The van der Waals surface area contributed by atoms with E-state index in [9.17, 15) is 4.79 Å². The average molecular weight is 240 g/mol. The van der Waals surface area contributed by atoms with Gasteiger partial charge < -0.3 is 15.0 Å². The van der Waals surface area contributed by atoms with Gasteiger partial charge in [0.1, 0.15) is 0 Å². The second kappa shape index (κ2) is 5.36. The third-order valence-corrected chi connectivity index (χ3v) is 3.95. The number of amides is 1. The molecule has 98 valence electrons. The molecule has 2 saturated heterocycles. The molecule has 0 aromatic carbocycles. The van der Waals surface area contributed by atoms with Crippen LogP contribution in [0.1, 0.15) is 33.1 Å². The molecule has 2 aliphatic rings. The molecule has 4 nitrogen and oxygen atoms in total. The van der Waals surface area contributed by atoms with Gasteiger partial charge in [-0.05, 0) is 26.3 Å². The van der Waals surface area contributed by atoms with Gasteiger partial charge in [-0.15, -0.1) is 0 Å². The summed E-state index contributed by atoms with van der Waals surface area (Å²) in [6.45, 7) is 8.23. The van der Waals surface area contributed by atoms with Crippen LogP contribution in [-0.4, -0.2) is 49.7 Å². The first-order valence-corrected chi connectivity index (χ1v) is 6.80. The molecule has 0 aromatic heterocycles. The highest BCUT2D eigenvalue weighted by molar-refractivity contribution is 5.83. The number of ether oxygens (including phenoxy) is 1. The van der Waals surface area contributed by atoms with Crippen molar-refractivity contribution in [3.63, 3.8) is 0 Å². The minimum Gasteiger partial charge on any atom is -0.375 e. The summed E-state index contributed by atoms with van der Waals surface area (Å²) in [5.41, 5.74) is -0.133. The standard InChI is InChI=1S/C13H24N2O2/c1-3-4-13(5-6-14-10-13)12(16)15-7-8-17-11(2)9-15/h11,14H,3-10H2,1-2H3. The smallest absolute Gasteiger partial charge is 0.230 e. The van der Waals surface area contributed by atoms with E-state index in [1.807, 2.05) is 11.8 Å². The van der Waals surface area contributed by atoms with Crippen LogP contribution in [0.15, 0.2) is 0 Å². The summed E-state index contributed by atoms with van der Waals surface area (Å²) in [6, 6.07) is 0. The fourth-order valence-electron chi connectivity index (χ4n) is 3.06. The van der Waals surface area contributed by atoms with Crippen molar-refractivity contribution in [3.8, 4) is 0 Å². The molecule has 0 spiro atoms. The lowest BCUT2D eigenvalue weighted by atomic mass is 9.81. The van der Waals surface area contributed by atoms with Crippen molar-refractivity contribution in [1.29, 1.82) is 0 Å². The van der Waals surface area contributed by atoms with Gasteiger partial charge in [0.15, 0.2) is 0 Å². The molecule has 0 aromatic rings. The quantitative estimate of drug-likeness (QED) is 0.800. The lowest BCUT2D eigenvalue weighted by molar-refractivity contribution is -0.148. The molecule has 0 bridgehead atoms. The molecule has 1 N–H and O–H groups in total. The summed E-state index contributed by atoms with van der Waals surface area (Å²) < 4.78 is 5.50. The Morgan fingerprint density at radius 3 is 3.00 bits per heavy atom. The summed E-state index contributed by atoms with van der Waals surface area (Å²) in [6.07, 6.45) is 3.25. The average Bonchev–Trinajstić information content (AvgIpc) is 2.78. The van der Waals surface area contributed by atoms with Crippen LogP contribution < -0.4 is 5.32 Å². The first-order chi connectivity index (χ1) is 8.18. The second-order valence-electron chi connectivity index (χ2n) is 5.39. The van der Waals surface area contributed by atoms with Crippen molar-refractivity contribution >= 4 is 5.91 Å². The number of hydrogen-bond acceptors (Lipinski definition) is 3. The van der Waals surface area contributed by atoms with E-state index in [4.69, 9.17) is 4.74 Å². The summed E-state index contributed by atoms with van der Waals surface area (Å²) in [7, 11) is 0. The van der Waals surface area contributed by atoms with Crippen LogP contribution in [0.2, 0.25) is 0 Å². The Labute approximate surface area is 104 Å². The molecule has 2 rings (SSSR count). The third kappa shape index (κ3) is 2.63. The molecule has 17 heavy (non-hydrogen) atoms.